The second-order valence-electron chi connectivity index (χ2n) is 5.98. The van der Waals surface area contributed by atoms with E-state index in [0.717, 1.165) is 33.5 Å². The molecule has 116 valence electrons. The van der Waals surface area contributed by atoms with Crippen LogP contribution in [0.25, 0.3) is 33.6 Å². The monoisotopic (exact) mass is 317 g/mol. The van der Waals surface area contributed by atoms with Crippen molar-refractivity contribution < 1.29 is 0 Å². The Bertz CT molecular complexity index is 937. The Kier molecular flexibility index (Phi) is 4.18. The summed E-state index contributed by atoms with van der Waals surface area (Å²) in [5, 5.41) is 0. The number of hydrogen-bond acceptors (Lipinski definition) is 1. The lowest BCUT2D eigenvalue weighted by atomic mass is 9.93. The fourth-order valence-electron chi connectivity index (χ4n) is 2.93. The van der Waals surface area contributed by atoms with Crippen molar-refractivity contribution in [3.63, 3.8) is 0 Å². The van der Waals surface area contributed by atoms with E-state index in [1.165, 1.54) is 5.56 Å². The van der Waals surface area contributed by atoms with Crippen LogP contribution in [-0.2, 0) is 0 Å². The third kappa shape index (κ3) is 3.38. The van der Waals surface area contributed by atoms with Crippen LogP contribution >= 0.6 is 0 Å². The minimum atomic E-state index is 0.741. The third-order valence-electron chi connectivity index (χ3n) is 4.18. The van der Waals surface area contributed by atoms with Crippen LogP contribution in [0.1, 0.15) is 0 Å². The number of rotatable bonds is 3. The predicted octanol–water partition coefficient (Wildman–Crippen LogP) is 4.88. The van der Waals surface area contributed by atoms with Crippen LogP contribution in [0.5, 0.6) is 0 Å². The Morgan fingerprint density at radius 1 is 0.480 bits per heavy atom. The molecule has 1 aromatic heterocycles. The first-order chi connectivity index (χ1) is 12.3. The molecule has 0 atom stereocenters. The summed E-state index contributed by atoms with van der Waals surface area (Å²) in [5.74, 6) is 0. The summed E-state index contributed by atoms with van der Waals surface area (Å²) < 4.78 is 0. The Morgan fingerprint density at radius 2 is 1.04 bits per heavy atom. The van der Waals surface area contributed by atoms with Gasteiger partial charge in [-0.15, -0.1) is 0 Å². The van der Waals surface area contributed by atoms with Crippen molar-refractivity contribution in [3.8, 4) is 33.6 Å². The number of pyridine rings is 1. The minimum absolute atomic E-state index is 0.741. The van der Waals surface area contributed by atoms with Gasteiger partial charge in [0.1, 0.15) is 7.85 Å². The molecule has 0 N–H and O–H groups in total. The van der Waals surface area contributed by atoms with E-state index in [1.54, 1.807) is 0 Å². The summed E-state index contributed by atoms with van der Waals surface area (Å²) in [7, 11) is 5.97. The molecule has 1 heterocycles. The summed E-state index contributed by atoms with van der Waals surface area (Å²) in [5.41, 5.74) is 7.07. The van der Waals surface area contributed by atoms with Crippen LogP contribution in [0.3, 0.4) is 0 Å². The van der Waals surface area contributed by atoms with Gasteiger partial charge in [0.05, 0.1) is 11.4 Å². The lowest BCUT2D eigenvalue weighted by Gasteiger charge is -2.10. The highest BCUT2D eigenvalue weighted by molar-refractivity contribution is 6.32. The molecule has 0 fully saturated rings. The summed E-state index contributed by atoms with van der Waals surface area (Å²) >= 11 is 0. The maximum absolute atomic E-state index is 5.97. The van der Waals surface area contributed by atoms with Gasteiger partial charge in [0.25, 0.3) is 0 Å². The Balaban J connectivity index is 1.92. The van der Waals surface area contributed by atoms with Crippen LogP contribution in [-0.4, -0.2) is 12.8 Å². The molecule has 0 saturated carbocycles. The molecule has 0 aliphatic carbocycles. The molecular weight excluding hydrogens is 301 g/mol. The fourth-order valence-corrected chi connectivity index (χ4v) is 2.93. The SMILES string of the molecule is [B]c1cccc(-c2cc(-c3ccccc3)cc(-c3ccccc3)n2)c1. The average molecular weight is 317 g/mol. The van der Waals surface area contributed by atoms with Crippen molar-refractivity contribution in [1.82, 2.24) is 4.98 Å². The highest BCUT2D eigenvalue weighted by atomic mass is 14.7. The molecule has 25 heavy (non-hydrogen) atoms. The molecule has 0 aliphatic heterocycles. The van der Waals surface area contributed by atoms with Crippen LogP contribution in [0.2, 0.25) is 0 Å². The molecule has 0 unspecified atom stereocenters. The largest absolute Gasteiger partial charge is 0.248 e. The van der Waals surface area contributed by atoms with E-state index < -0.39 is 0 Å². The van der Waals surface area contributed by atoms with Crippen molar-refractivity contribution in [1.29, 1.82) is 0 Å². The first-order valence-corrected chi connectivity index (χ1v) is 8.28. The quantitative estimate of drug-likeness (QED) is 0.491. The molecule has 2 heteroatoms. The molecule has 0 aliphatic rings. The molecule has 0 bridgehead atoms. The topological polar surface area (TPSA) is 12.9 Å². The molecule has 0 saturated heterocycles. The van der Waals surface area contributed by atoms with E-state index in [-0.39, 0.29) is 0 Å². The summed E-state index contributed by atoms with van der Waals surface area (Å²) in [6, 6.07) is 32.7. The van der Waals surface area contributed by atoms with Crippen LogP contribution < -0.4 is 5.46 Å². The van der Waals surface area contributed by atoms with Gasteiger partial charge < -0.3 is 0 Å². The van der Waals surface area contributed by atoms with E-state index in [4.69, 9.17) is 12.8 Å². The van der Waals surface area contributed by atoms with E-state index >= 15 is 0 Å². The van der Waals surface area contributed by atoms with Gasteiger partial charge in [-0.1, -0.05) is 90.4 Å². The van der Waals surface area contributed by atoms with E-state index in [1.807, 2.05) is 48.5 Å². The first-order valence-electron chi connectivity index (χ1n) is 8.28. The van der Waals surface area contributed by atoms with Gasteiger partial charge in [-0.2, -0.15) is 0 Å². The van der Waals surface area contributed by atoms with Crippen molar-refractivity contribution in [3.05, 3.63) is 97.1 Å². The van der Waals surface area contributed by atoms with E-state index in [0.29, 0.717) is 0 Å². The van der Waals surface area contributed by atoms with Crippen molar-refractivity contribution in [2.75, 3.05) is 0 Å². The Morgan fingerprint density at radius 3 is 1.68 bits per heavy atom. The first kappa shape index (κ1) is 15.4. The van der Waals surface area contributed by atoms with Crippen molar-refractivity contribution in [2.45, 2.75) is 0 Å². The van der Waals surface area contributed by atoms with Gasteiger partial charge in [-0.05, 0) is 28.8 Å². The van der Waals surface area contributed by atoms with E-state index in [2.05, 4.69) is 48.5 Å². The zero-order chi connectivity index (χ0) is 17.1. The maximum atomic E-state index is 5.97. The second kappa shape index (κ2) is 6.78. The number of benzene rings is 3. The van der Waals surface area contributed by atoms with Crippen molar-refractivity contribution in [2.24, 2.45) is 0 Å². The Hall–Kier alpha value is -3.13. The van der Waals surface area contributed by atoms with Crippen LogP contribution in [0.15, 0.2) is 97.1 Å². The molecule has 0 spiro atoms. The smallest absolute Gasteiger partial charge is 0.113 e. The molecular formula is C23H16BN. The van der Waals surface area contributed by atoms with Crippen molar-refractivity contribution >= 4 is 13.3 Å². The molecule has 2 radical (unpaired) electrons. The minimum Gasteiger partial charge on any atom is -0.248 e. The molecule has 1 nitrogen and oxygen atoms in total. The normalized spacial score (nSPS) is 10.6. The lowest BCUT2D eigenvalue weighted by molar-refractivity contribution is 1.32. The third-order valence-corrected chi connectivity index (χ3v) is 4.18. The molecule has 4 aromatic rings. The highest BCUT2D eigenvalue weighted by Crippen LogP contribution is 2.29. The Labute approximate surface area is 149 Å². The maximum Gasteiger partial charge on any atom is 0.113 e. The average Bonchev–Trinajstić information content (AvgIpc) is 2.69. The number of hydrogen-bond donors (Lipinski definition) is 0. The standard InChI is InChI=1S/C23H16BN/c24-21-13-7-12-19(14-21)23-16-20(17-8-3-1-4-9-17)15-22(25-23)18-10-5-2-6-11-18/h1-16H. The van der Waals surface area contributed by atoms with Gasteiger partial charge in [-0.3, -0.25) is 0 Å². The second-order valence-corrected chi connectivity index (χ2v) is 5.98. The zero-order valence-electron chi connectivity index (χ0n) is 13.8. The summed E-state index contributed by atoms with van der Waals surface area (Å²) in [6.07, 6.45) is 0. The van der Waals surface area contributed by atoms with Gasteiger partial charge in [0, 0.05) is 5.56 Å². The predicted molar refractivity (Wildman–Crippen MR) is 106 cm³/mol. The van der Waals surface area contributed by atoms with Crippen LogP contribution in [0.4, 0.5) is 0 Å². The van der Waals surface area contributed by atoms with Gasteiger partial charge in [0.15, 0.2) is 0 Å². The molecule has 0 amide bonds. The summed E-state index contributed by atoms with van der Waals surface area (Å²) in [6.45, 7) is 0. The van der Waals surface area contributed by atoms with Gasteiger partial charge in [-0.25, -0.2) is 4.98 Å². The van der Waals surface area contributed by atoms with Gasteiger partial charge >= 0.3 is 0 Å². The van der Waals surface area contributed by atoms with Crippen LogP contribution in [0, 0.1) is 0 Å². The van der Waals surface area contributed by atoms with E-state index in [9.17, 15) is 0 Å². The highest BCUT2D eigenvalue weighted by Gasteiger charge is 2.08. The zero-order valence-corrected chi connectivity index (χ0v) is 13.8. The molecule has 4 rings (SSSR count). The van der Waals surface area contributed by atoms with Gasteiger partial charge in [0.2, 0.25) is 0 Å². The molecule has 3 aromatic carbocycles. The summed E-state index contributed by atoms with van der Waals surface area (Å²) in [4.78, 5) is 4.88. The number of aromatic nitrogens is 1. The lowest BCUT2D eigenvalue weighted by Crippen LogP contribution is -2.01. The fraction of sp³-hybridized carbons (Fsp3) is 0. The number of nitrogens with zero attached hydrogens (tertiary/aromatic N) is 1.